The highest BCUT2D eigenvalue weighted by atomic mass is 16.6. The van der Waals surface area contributed by atoms with Crippen LogP contribution in [-0.4, -0.2) is 24.9 Å². The number of rotatable bonds is 2. The first-order chi connectivity index (χ1) is 9.00. The number of ether oxygens (including phenoxy) is 1. The molecule has 3 aliphatic rings. The number of carbonyl (C=O) groups excluding carboxylic acids is 1. The van der Waals surface area contributed by atoms with Crippen molar-refractivity contribution in [2.45, 2.75) is 46.1 Å². The first-order valence-corrected chi connectivity index (χ1v) is 7.31. The SMILES string of the molecule is COC(=O)[C@H]1[C@H](C(C)C)CC2=NO[C@H]3CC[C@@H]1[C@@]23C. The van der Waals surface area contributed by atoms with Gasteiger partial charge in [0, 0.05) is 0 Å². The second kappa shape index (κ2) is 4.22. The number of nitrogens with zero attached hydrogens (tertiary/aromatic N) is 1. The summed E-state index contributed by atoms with van der Waals surface area (Å²) >= 11 is 0. The van der Waals surface area contributed by atoms with Crippen molar-refractivity contribution in [1.29, 1.82) is 0 Å². The van der Waals surface area contributed by atoms with E-state index in [2.05, 4.69) is 25.9 Å². The molecular weight excluding hydrogens is 242 g/mol. The standard InChI is InChI=1S/C15H23NO3/c1-8(2)9-7-11-15(3)10(13(9)14(17)18-4)5-6-12(15)19-16-11/h8-10,12-13H,5-7H2,1-4H3/t9-,10-,12-,13-,15-/m0/s1. The summed E-state index contributed by atoms with van der Waals surface area (Å²) in [5, 5.41) is 4.33. The van der Waals surface area contributed by atoms with E-state index in [4.69, 9.17) is 9.57 Å². The molecule has 0 aromatic heterocycles. The predicted molar refractivity (Wildman–Crippen MR) is 71.6 cm³/mol. The Morgan fingerprint density at radius 2 is 2.21 bits per heavy atom. The second-order valence-corrected chi connectivity index (χ2v) is 6.76. The molecule has 0 aromatic carbocycles. The van der Waals surface area contributed by atoms with E-state index >= 15 is 0 Å². The highest BCUT2D eigenvalue weighted by molar-refractivity contribution is 5.94. The molecule has 0 radical (unpaired) electrons. The molecule has 3 rings (SSSR count). The molecule has 0 amide bonds. The van der Waals surface area contributed by atoms with Gasteiger partial charge < -0.3 is 9.57 Å². The molecule has 1 heterocycles. The highest BCUT2D eigenvalue weighted by Gasteiger charge is 2.63. The van der Waals surface area contributed by atoms with Crippen LogP contribution in [0.4, 0.5) is 0 Å². The summed E-state index contributed by atoms with van der Waals surface area (Å²) in [6, 6.07) is 0. The van der Waals surface area contributed by atoms with E-state index in [1.807, 2.05) is 0 Å². The van der Waals surface area contributed by atoms with Gasteiger partial charge in [-0.15, -0.1) is 0 Å². The smallest absolute Gasteiger partial charge is 0.309 e. The lowest BCUT2D eigenvalue weighted by molar-refractivity contribution is -0.153. The maximum Gasteiger partial charge on any atom is 0.309 e. The molecule has 106 valence electrons. The summed E-state index contributed by atoms with van der Waals surface area (Å²) in [6.07, 6.45) is 3.10. The Hall–Kier alpha value is -1.06. The lowest BCUT2D eigenvalue weighted by atomic mass is 9.57. The van der Waals surface area contributed by atoms with Crippen LogP contribution in [0.2, 0.25) is 0 Å². The van der Waals surface area contributed by atoms with Crippen molar-refractivity contribution in [3.8, 4) is 0 Å². The first kappa shape index (κ1) is 12.9. The number of methoxy groups -OCH3 is 1. The molecule has 0 N–H and O–H groups in total. The molecule has 2 saturated carbocycles. The number of esters is 1. The van der Waals surface area contributed by atoms with Gasteiger partial charge in [-0.2, -0.15) is 0 Å². The zero-order chi connectivity index (χ0) is 13.8. The van der Waals surface area contributed by atoms with Crippen LogP contribution in [0.25, 0.3) is 0 Å². The van der Waals surface area contributed by atoms with Gasteiger partial charge in [0.2, 0.25) is 0 Å². The minimum atomic E-state index is -0.0449. The maximum absolute atomic E-state index is 12.3. The molecular formula is C15H23NO3. The Labute approximate surface area is 114 Å². The van der Waals surface area contributed by atoms with Crippen molar-refractivity contribution in [2.24, 2.45) is 34.2 Å². The zero-order valence-corrected chi connectivity index (χ0v) is 12.2. The van der Waals surface area contributed by atoms with Gasteiger partial charge in [0.25, 0.3) is 0 Å². The number of carbonyl (C=O) groups is 1. The molecule has 0 spiro atoms. The summed E-state index contributed by atoms with van der Waals surface area (Å²) in [7, 11) is 1.50. The topological polar surface area (TPSA) is 47.9 Å². The molecule has 4 nitrogen and oxygen atoms in total. The predicted octanol–water partition coefficient (Wildman–Crippen LogP) is 2.62. The molecule has 0 aromatic rings. The van der Waals surface area contributed by atoms with Crippen molar-refractivity contribution >= 4 is 11.7 Å². The van der Waals surface area contributed by atoms with E-state index in [1.165, 1.54) is 12.8 Å². The van der Waals surface area contributed by atoms with E-state index < -0.39 is 0 Å². The minimum absolute atomic E-state index is 0.000602. The molecule has 19 heavy (non-hydrogen) atoms. The normalized spacial score (nSPS) is 43.7. The number of hydrogen-bond donors (Lipinski definition) is 0. The fourth-order valence-electron chi connectivity index (χ4n) is 4.54. The molecule has 5 atom stereocenters. The fraction of sp³-hybridized carbons (Fsp3) is 0.867. The van der Waals surface area contributed by atoms with Gasteiger partial charge in [-0.3, -0.25) is 4.79 Å². The third-order valence-electron chi connectivity index (χ3n) is 5.74. The lowest BCUT2D eigenvalue weighted by Crippen LogP contribution is -2.51. The van der Waals surface area contributed by atoms with Crippen molar-refractivity contribution in [3.05, 3.63) is 0 Å². The van der Waals surface area contributed by atoms with Gasteiger partial charge in [0.05, 0.1) is 24.2 Å². The van der Waals surface area contributed by atoms with Crippen molar-refractivity contribution in [2.75, 3.05) is 7.11 Å². The van der Waals surface area contributed by atoms with Crippen molar-refractivity contribution in [1.82, 2.24) is 0 Å². The Balaban J connectivity index is 2.01. The van der Waals surface area contributed by atoms with E-state index in [0.717, 1.165) is 19.3 Å². The van der Waals surface area contributed by atoms with Crippen LogP contribution in [0.15, 0.2) is 5.16 Å². The summed E-state index contributed by atoms with van der Waals surface area (Å²) in [6.45, 7) is 6.60. The van der Waals surface area contributed by atoms with E-state index in [1.54, 1.807) is 0 Å². The van der Waals surface area contributed by atoms with Crippen molar-refractivity contribution < 1.29 is 14.4 Å². The Kier molecular flexibility index (Phi) is 2.88. The third-order valence-corrected chi connectivity index (χ3v) is 5.74. The molecule has 2 aliphatic carbocycles. The largest absolute Gasteiger partial charge is 0.469 e. The number of hydrogen-bond acceptors (Lipinski definition) is 4. The number of oxime groups is 1. The Bertz CT molecular complexity index is 431. The summed E-state index contributed by atoms with van der Waals surface area (Å²) < 4.78 is 5.09. The molecule has 1 aliphatic heterocycles. The molecule has 0 saturated heterocycles. The molecule has 4 heteroatoms. The van der Waals surface area contributed by atoms with Crippen LogP contribution in [0, 0.1) is 29.1 Å². The van der Waals surface area contributed by atoms with Crippen LogP contribution >= 0.6 is 0 Å². The van der Waals surface area contributed by atoms with E-state index in [-0.39, 0.29) is 23.4 Å². The van der Waals surface area contributed by atoms with Crippen LogP contribution in [0.5, 0.6) is 0 Å². The third kappa shape index (κ3) is 1.58. The van der Waals surface area contributed by atoms with E-state index in [0.29, 0.717) is 17.8 Å². The molecule has 2 fully saturated rings. The lowest BCUT2D eigenvalue weighted by Gasteiger charge is -2.45. The summed E-state index contributed by atoms with van der Waals surface area (Å²) in [5.74, 6) is 1.06. The zero-order valence-electron chi connectivity index (χ0n) is 12.2. The Morgan fingerprint density at radius 1 is 1.47 bits per heavy atom. The average molecular weight is 265 g/mol. The molecule has 0 unspecified atom stereocenters. The van der Waals surface area contributed by atoms with Crippen LogP contribution < -0.4 is 0 Å². The first-order valence-electron chi connectivity index (χ1n) is 7.31. The Morgan fingerprint density at radius 3 is 2.84 bits per heavy atom. The maximum atomic E-state index is 12.3. The van der Waals surface area contributed by atoms with Crippen LogP contribution in [0.1, 0.15) is 40.0 Å². The highest BCUT2D eigenvalue weighted by Crippen LogP contribution is 2.59. The van der Waals surface area contributed by atoms with Gasteiger partial charge in [-0.05, 0) is 37.0 Å². The van der Waals surface area contributed by atoms with E-state index in [9.17, 15) is 4.79 Å². The summed E-state index contributed by atoms with van der Waals surface area (Å²) in [4.78, 5) is 17.9. The van der Waals surface area contributed by atoms with Gasteiger partial charge in [0.1, 0.15) is 6.10 Å². The van der Waals surface area contributed by atoms with Gasteiger partial charge >= 0.3 is 5.97 Å². The fourth-order valence-corrected chi connectivity index (χ4v) is 4.54. The molecule has 0 bridgehead atoms. The average Bonchev–Trinajstić information content (AvgIpc) is 2.88. The second-order valence-electron chi connectivity index (χ2n) is 6.76. The summed E-state index contributed by atoms with van der Waals surface area (Å²) in [5.41, 5.74) is 1.14. The monoisotopic (exact) mass is 265 g/mol. The quantitative estimate of drug-likeness (QED) is 0.721. The van der Waals surface area contributed by atoms with Gasteiger partial charge in [0.15, 0.2) is 0 Å². The van der Waals surface area contributed by atoms with Gasteiger partial charge in [-0.25, -0.2) is 0 Å². The van der Waals surface area contributed by atoms with Crippen molar-refractivity contribution in [3.63, 3.8) is 0 Å². The van der Waals surface area contributed by atoms with Gasteiger partial charge in [-0.1, -0.05) is 25.9 Å². The minimum Gasteiger partial charge on any atom is -0.469 e. The van der Waals surface area contributed by atoms with Crippen LogP contribution in [0.3, 0.4) is 0 Å². The van der Waals surface area contributed by atoms with Crippen LogP contribution in [-0.2, 0) is 14.4 Å².